The molecule has 2 aromatic carbocycles. The molecule has 0 aliphatic carbocycles. The Morgan fingerprint density at radius 1 is 1.12 bits per heavy atom. The molecular weight excluding hydrogens is 342 g/mol. The number of benzene rings is 2. The minimum absolute atomic E-state index is 0.393. The van der Waals surface area contributed by atoms with Crippen LogP contribution in [-0.2, 0) is 19.4 Å². The number of halogens is 1. The van der Waals surface area contributed by atoms with Gasteiger partial charge in [-0.25, -0.2) is 0 Å². The third kappa shape index (κ3) is 4.30. The number of aryl methyl sites for hydroxylation is 1. The van der Waals surface area contributed by atoms with E-state index in [2.05, 4.69) is 23.2 Å². The Hall–Kier alpha value is -1.98. The van der Waals surface area contributed by atoms with Gasteiger partial charge in [0.25, 0.3) is 0 Å². The van der Waals surface area contributed by atoms with E-state index >= 15 is 0 Å². The number of hydrogen-bond acceptors (Lipinski definition) is 4. The highest BCUT2D eigenvalue weighted by Gasteiger charge is 2.10. The lowest BCUT2D eigenvalue weighted by atomic mass is 10.2. The summed E-state index contributed by atoms with van der Waals surface area (Å²) in [6.07, 6.45) is 0. The minimum atomic E-state index is 0.393. The van der Waals surface area contributed by atoms with E-state index < -0.39 is 0 Å². The minimum Gasteiger partial charge on any atom is -0.486 e. The van der Waals surface area contributed by atoms with Gasteiger partial charge in [0, 0.05) is 17.8 Å². The molecule has 24 heavy (non-hydrogen) atoms. The molecule has 0 spiro atoms. The van der Waals surface area contributed by atoms with Crippen LogP contribution in [0.2, 0.25) is 5.02 Å². The lowest BCUT2D eigenvalue weighted by Crippen LogP contribution is -2.04. The number of nitrogens with zero attached hydrogens (tertiary/aromatic N) is 3. The van der Waals surface area contributed by atoms with Gasteiger partial charge in [-0.3, -0.25) is 0 Å². The maximum atomic E-state index is 6.01. The fraction of sp³-hybridized carbons (Fsp3) is 0.222. The molecule has 124 valence electrons. The summed E-state index contributed by atoms with van der Waals surface area (Å²) in [4.78, 5) is 0. The van der Waals surface area contributed by atoms with Gasteiger partial charge in [-0.2, -0.15) is 0 Å². The molecule has 1 aromatic heterocycles. The van der Waals surface area contributed by atoms with Gasteiger partial charge in [0.15, 0.2) is 11.0 Å². The third-order valence-corrected chi connectivity index (χ3v) is 4.90. The second-order valence-electron chi connectivity index (χ2n) is 5.48. The lowest BCUT2D eigenvalue weighted by Gasteiger charge is -2.07. The molecule has 6 heteroatoms. The summed E-state index contributed by atoms with van der Waals surface area (Å²) in [5.41, 5.74) is 2.37. The van der Waals surface area contributed by atoms with E-state index in [-0.39, 0.29) is 0 Å². The molecule has 0 saturated carbocycles. The number of aromatic nitrogens is 3. The molecule has 0 atom stereocenters. The fourth-order valence-electron chi connectivity index (χ4n) is 2.15. The second-order valence-corrected chi connectivity index (χ2v) is 6.86. The van der Waals surface area contributed by atoms with Crippen LogP contribution in [-0.4, -0.2) is 14.8 Å². The zero-order valence-corrected chi connectivity index (χ0v) is 15.1. The maximum Gasteiger partial charge on any atom is 0.191 e. The van der Waals surface area contributed by atoms with Crippen molar-refractivity contribution in [3.63, 3.8) is 0 Å². The molecule has 3 rings (SSSR count). The Morgan fingerprint density at radius 2 is 1.92 bits per heavy atom. The normalized spacial score (nSPS) is 10.8. The largest absolute Gasteiger partial charge is 0.486 e. The van der Waals surface area contributed by atoms with Crippen molar-refractivity contribution in [2.24, 2.45) is 7.05 Å². The summed E-state index contributed by atoms with van der Waals surface area (Å²) in [5.74, 6) is 2.42. The van der Waals surface area contributed by atoms with Crippen molar-refractivity contribution in [3.05, 3.63) is 70.5 Å². The first-order valence-corrected chi connectivity index (χ1v) is 8.93. The van der Waals surface area contributed by atoms with Crippen molar-refractivity contribution >= 4 is 23.4 Å². The molecule has 0 saturated heterocycles. The van der Waals surface area contributed by atoms with Crippen LogP contribution in [0.25, 0.3) is 0 Å². The molecule has 0 aliphatic rings. The lowest BCUT2D eigenvalue weighted by molar-refractivity contribution is 0.290. The van der Waals surface area contributed by atoms with E-state index in [0.717, 1.165) is 33.1 Å². The van der Waals surface area contributed by atoms with Crippen LogP contribution in [0.1, 0.15) is 17.0 Å². The second kappa shape index (κ2) is 7.73. The van der Waals surface area contributed by atoms with Crippen LogP contribution in [0, 0.1) is 6.92 Å². The summed E-state index contributed by atoms with van der Waals surface area (Å²) < 4.78 is 7.73. The number of hydrogen-bond donors (Lipinski definition) is 0. The van der Waals surface area contributed by atoms with E-state index in [1.807, 2.05) is 54.1 Å². The average Bonchev–Trinajstić information content (AvgIpc) is 2.93. The molecule has 0 bridgehead atoms. The number of ether oxygens (including phenoxy) is 1. The van der Waals surface area contributed by atoms with Crippen LogP contribution in [0.4, 0.5) is 0 Å². The fourth-order valence-corrected chi connectivity index (χ4v) is 3.24. The van der Waals surface area contributed by atoms with E-state index in [4.69, 9.17) is 16.3 Å². The molecule has 0 fully saturated rings. The van der Waals surface area contributed by atoms with E-state index in [1.54, 1.807) is 11.8 Å². The van der Waals surface area contributed by atoms with Crippen molar-refractivity contribution < 1.29 is 4.74 Å². The van der Waals surface area contributed by atoms with Gasteiger partial charge < -0.3 is 9.30 Å². The van der Waals surface area contributed by atoms with Gasteiger partial charge in [0.2, 0.25) is 0 Å². The number of thioether (sulfide) groups is 1. The van der Waals surface area contributed by atoms with Gasteiger partial charge in [-0.1, -0.05) is 53.2 Å². The first-order chi connectivity index (χ1) is 11.6. The molecule has 0 unspecified atom stereocenters. The van der Waals surface area contributed by atoms with Gasteiger partial charge in [-0.05, 0) is 36.8 Å². The van der Waals surface area contributed by atoms with Crippen molar-refractivity contribution in [1.29, 1.82) is 0 Å². The Morgan fingerprint density at radius 3 is 2.67 bits per heavy atom. The van der Waals surface area contributed by atoms with Crippen molar-refractivity contribution in [1.82, 2.24) is 14.8 Å². The summed E-state index contributed by atoms with van der Waals surface area (Å²) in [6.45, 7) is 2.44. The third-order valence-electron chi connectivity index (χ3n) is 3.57. The summed E-state index contributed by atoms with van der Waals surface area (Å²) in [7, 11) is 1.95. The van der Waals surface area contributed by atoms with Crippen LogP contribution in [0.15, 0.2) is 53.7 Å². The standard InChI is InChI=1S/C18H18ClN3OS/c1-13-6-8-16(9-7-13)23-11-17-20-21-18(22(17)2)24-12-14-4-3-5-15(19)10-14/h3-10H,11-12H2,1-2H3. The van der Waals surface area contributed by atoms with Crippen molar-refractivity contribution in [2.75, 3.05) is 0 Å². The molecule has 3 aromatic rings. The Balaban J connectivity index is 1.60. The molecule has 0 aliphatic heterocycles. The predicted molar refractivity (Wildman–Crippen MR) is 97.5 cm³/mol. The average molecular weight is 360 g/mol. The monoisotopic (exact) mass is 359 g/mol. The highest BCUT2D eigenvalue weighted by molar-refractivity contribution is 7.98. The summed E-state index contributed by atoms with van der Waals surface area (Å²) >= 11 is 7.64. The van der Waals surface area contributed by atoms with Crippen LogP contribution < -0.4 is 4.74 Å². The molecule has 4 nitrogen and oxygen atoms in total. The topological polar surface area (TPSA) is 39.9 Å². The van der Waals surface area contributed by atoms with E-state index in [9.17, 15) is 0 Å². The van der Waals surface area contributed by atoms with Crippen molar-refractivity contribution in [3.8, 4) is 5.75 Å². The molecule has 0 amide bonds. The maximum absolute atomic E-state index is 6.01. The van der Waals surface area contributed by atoms with Crippen LogP contribution in [0.3, 0.4) is 0 Å². The molecule has 0 radical (unpaired) electrons. The van der Waals surface area contributed by atoms with Crippen LogP contribution >= 0.6 is 23.4 Å². The Labute approximate surface area is 150 Å². The van der Waals surface area contributed by atoms with Gasteiger partial charge in [-0.15, -0.1) is 10.2 Å². The number of rotatable bonds is 6. The van der Waals surface area contributed by atoms with E-state index in [1.165, 1.54) is 5.56 Å². The summed E-state index contributed by atoms with van der Waals surface area (Å²) in [5, 5.41) is 10.1. The van der Waals surface area contributed by atoms with Gasteiger partial charge in [0.05, 0.1) is 0 Å². The summed E-state index contributed by atoms with van der Waals surface area (Å²) in [6, 6.07) is 15.8. The zero-order valence-electron chi connectivity index (χ0n) is 13.6. The smallest absolute Gasteiger partial charge is 0.191 e. The molecule has 1 heterocycles. The van der Waals surface area contributed by atoms with Gasteiger partial charge in [0.1, 0.15) is 12.4 Å². The Bertz CT molecular complexity index is 817. The predicted octanol–water partition coefficient (Wildman–Crippen LogP) is 4.65. The first-order valence-electron chi connectivity index (χ1n) is 7.57. The highest BCUT2D eigenvalue weighted by atomic mass is 35.5. The highest BCUT2D eigenvalue weighted by Crippen LogP contribution is 2.23. The molecular formula is C18H18ClN3OS. The first kappa shape index (κ1) is 16.9. The van der Waals surface area contributed by atoms with E-state index in [0.29, 0.717) is 6.61 Å². The van der Waals surface area contributed by atoms with Crippen LogP contribution in [0.5, 0.6) is 5.75 Å². The molecule has 0 N–H and O–H groups in total. The van der Waals surface area contributed by atoms with Crippen molar-refractivity contribution in [2.45, 2.75) is 24.4 Å². The van der Waals surface area contributed by atoms with Gasteiger partial charge >= 0.3 is 0 Å². The SMILES string of the molecule is Cc1ccc(OCc2nnc(SCc3cccc(Cl)c3)n2C)cc1. The quantitative estimate of drug-likeness (QED) is 0.601. The zero-order chi connectivity index (χ0) is 16.9. The Kier molecular flexibility index (Phi) is 5.43.